The number of hydrogen-bond acceptors (Lipinski definition) is 4. The predicted octanol–water partition coefficient (Wildman–Crippen LogP) is 1.84. The average Bonchev–Trinajstić information content (AvgIpc) is 2.52. The van der Waals surface area contributed by atoms with Crippen LogP contribution in [0.1, 0.15) is 18.9 Å². The van der Waals surface area contributed by atoms with Crippen LogP contribution < -0.4 is 10.5 Å². The number of anilines is 1. The molecule has 2 rings (SSSR count). The summed E-state index contributed by atoms with van der Waals surface area (Å²) in [5, 5.41) is 0. The Morgan fingerprint density at radius 1 is 1.32 bits per heavy atom. The van der Waals surface area contributed by atoms with Crippen LogP contribution in [0.3, 0.4) is 0 Å². The number of likely N-dealkylation sites (N-methyl/N-ethyl adjacent to an activating group) is 1. The van der Waals surface area contributed by atoms with Gasteiger partial charge >= 0.3 is 0 Å². The van der Waals surface area contributed by atoms with E-state index in [4.69, 9.17) is 10.5 Å². The molecule has 0 radical (unpaired) electrons. The number of amides is 1. The summed E-state index contributed by atoms with van der Waals surface area (Å²) in [4.78, 5) is 16.2. The van der Waals surface area contributed by atoms with E-state index >= 15 is 0 Å². The van der Waals surface area contributed by atoms with Crippen molar-refractivity contribution in [1.29, 1.82) is 0 Å². The van der Waals surface area contributed by atoms with E-state index in [9.17, 15) is 4.79 Å². The smallest absolute Gasteiger partial charge is 0.246 e. The first-order valence-corrected chi connectivity index (χ1v) is 7.78. The molecule has 22 heavy (non-hydrogen) atoms. The molecular weight excluding hydrogens is 278 g/mol. The van der Waals surface area contributed by atoms with E-state index in [-0.39, 0.29) is 5.91 Å². The number of carbonyl (C=O) groups excluding carboxylic acids is 1. The first-order chi connectivity index (χ1) is 10.6. The van der Waals surface area contributed by atoms with E-state index < -0.39 is 0 Å². The maximum atomic E-state index is 12.1. The van der Waals surface area contributed by atoms with Crippen molar-refractivity contribution < 1.29 is 9.53 Å². The molecule has 1 aromatic rings. The lowest BCUT2D eigenvalue weighted by atomic mass is 10.1. The second-order valence-electron chi connectivity index (χ2n) is 5.61. The first-order valence-electron chi connectivity index (χ1n) is 7.78. The van der Waals surface area contributed by atoms with Gasteiger partial charge in [-0.1, -0.05) is 13.0 Å². The minimum atomic E-state index is 0.0537. The van der Waals surface area contributed by atoms with E-state index in [2.05, 4.69) is 18.9 Å². The number of carbonyl (C=O) groups is 1. The monoisotopic (exact) mass is 303 g/mol. The lowest BCUT2D eigenvalue weighted by Crippen LogP contribution is -2.46. The number of piperazine rings is 1. The highest BCUT2D eigenvalue weighted by Gasteiger charge is 2.16. The van der Waals surface area contributed by atoms with Gasteiger partial charge in [0.15, 0.2) is 0 Å². The molecule has 1 heterocycles. The number of nitrogens with two attached hydrogens (primary N) is 1. The first kappa shape index (κ1) is 16.4. The molecular formula is C17H25N3O2. The average molecular weight is 303 g/mol. The molecule has 120 valence electrons. The van der Waals surface area contributed by atoms with E-state index in [1.807, 2.05) is 23.1 Å². The van der Waals surface area contributed by atoms with Gasteiger partial charge in [-0.2, -0.15) is 0 Å². The number of benzene rings is 1. The molecule has 0 aliphatic carbocycles. The number of hydrogen-bond donors (Lipinski definition) is 1. The third-order valence-corrected chi connectivity index (χ3v) is 3.73. The van der Waals surface area contributed by atoms with Crippen LogP contribution in [0.2, 0.25) is 0 Å². The fourth-order valence-electron chi connectivity index (χ4n) is 2.31. The Morgan fingerprint density at radius 2 is 2.05 bits per heavy atom. The molecule has 1 saturated heterocycles. The van der Waals surface area contributed by atoms with Crippen molar-refractivity contribution in [3.8, 4) is 5.75 Å². The van der Waals surface area contributed by atoms with Crippen LogP contribution in [0.15, 0.2) is 24.3 Å². The van der Waals surface area contributed by atoms with Gasteiger partial charge in [0.25, 0.3) is 0 Å². The normalized spacial score (nSPS) is 16.2. The zero-order chi connectivity index (χ0) is 15.9. The molecule has 0 saturated carbocycles. The summed E-state index contributed by atoms with van der Waals surface area (Å²) in [5.41, 5.74) is 7.47. The topological polar surface area (TPSA) is 58.8 Å². The summed E-state index contributed by atoms with van der Waals surface area (Å²) in [6, 6.07) is 5.60. The second-order valence-corrected chi connectivity index (χ2v) is 5.61. The summed E-state index contributed by atoms with van der Waals surface area (Å²) in [5.74, 6) is 0.752. The molecule has 1 aliphatic heterocycles. The van der Waals surface area contributed by atoms with Gasteiger partial charge in [0, 0.05) is 32.3 Å². The van der Waals surface area contributed by atoms with Crippen molar-refractivity contribution in [3.63, 3.8) is 0 Å². The Kier molecular flexibility index (Phi) is 5.83. The van der Waals surface area contributed by atoms with Gasteiger partial charge in [0.05, 0.1) is 12.3 Å². The van der Waals surface area contributed by atoms with Crippen molar-refractivity contribution in [2.24, 2.45) is 0 Å². The molecule has 0 spiro atoms. The predicted molar refractivity (Wildman–Crippen MR) is 89.8 cm³/mol. The van der Waals surface area contributed by atoms with Gasteiger partial charge in [-0.05, 0) is 37.2 Å². The summed E-state index contributed by atoms with van der Waals surface area (Å²) >= 11 is 0. The lowest BCUT2D eigenvalue weighted by Gasteiger charge is -2.31. The minimum Gasteiger partial charge on any atom is -0.491 e. The molecule has 0 unspecified atom stereocenters. The molecule has 0 atom stereocenters. The molecule has 5 heteroatoms. The number of nitrogen functional groups attached to an aromatic ring is 1. The Labute approximate surface area is 132 Å². The van der Waals surface area contributed by atoms with Gasteiger partial charge < -0.3 is 20.3 Å². The number of ether oxygens (including phenoxy) is 1. The third-order valence-electron chi connectivity index (χ3n) is 3.73. The zero-order valence-corrected chi connectivity index (χ0v) is 13.4. The Hall–Kier alpha value is -2.01. The molecule has 2 N–H and O–H groups in total. The third kappa shape index (κ3) is 4.49. The maximum absolute atomic E-state index is 12.1. The second kappa shape index (κ2) is 7.84. The van der Waals surface area contributed by atoms with Crippen LogP contribution >= 0.6 is 0 Å². The number of nitrogens with zero attached hydrogens (tertiary/aromatic N) is 2. The van der Waals surface area contributed by atoms with Gasteiger partial charge in [-0.15, -0.1) is 0 Å². The maximum Gasteiger partial charge on any atom is 0.246 e. The van der Waals surface area contributed by atoms with E-state index in [0.29, 0.717) is 18.0 Å². The van der Waals surface area contributed by atoms with E-state index in [0.717, 1.165) is 38.2 Å². The fraction of sp³-hybridized carbons (Fsp3) is 0.471. The summed E-state index contributed by atoms with van der Waals surface area (Å²) in [6.07, 6.45) is 4.37. The van der Waals surface area contributed by atoms with Gasteiger partial charge in [-0.3, -0.25) is 4.79 Å². The minimum absolute atomic E-state index is 0.0537. The van der Waals surface area contributed by atoms with Crippen molar-refractivity contribution in [3.05, 3.63) is 29.8 Å². The summed E-state index contributed by atoms with van der Waals surface area (Å²) in [6.45, 7) is 6.13. The van der Waals surface area contributed by atoms with Gasteiger partial charge in [-0.25, -0.2) is 0 Å². The molecule has 1 amide bonds. The van der Waals surface area contributed by atoms with Crippen LogP contribution in [0.25, 0.3) is 6.08 Å². The Bertz CT molecular complexity index is 535. The molecule has 1 aliphatic rings. The van der Waals surface area contributed by atoms with Crippen LogP contribution in [0.5, 0.6) is 5.75 Å². The van der Waals surface area contributed by atoms with Crippen molar-refractivity contribution >= 4 is 17.7 Å². The SMILES string of the molecule is CCCOc1ccc(/C=C\C(=O)N2CCN(C)CC2)cc1N. The van der Waals surface area contributed by atoms with Crippen molar-refractivity contribution in [1.82, 2.24) is 9.80 Å². The lowest BCUT2D eigenvalue weighted by molar-refractivity contribution is -0.127. The van der Waals surface area contributed by atoms with Crippen LogP contribution in [-0.2, 0) is 4.79 Å². The highest BCUT2D eigenvalue weighted by atomic mass is 16.5. The molecule has 0 bridgehead atoms. The summed E-state index contributed by atoms with van der Waals surface area (Å²) < 4.78 is 5.54. The van der Waals surface area contributed by atoms with Crippen LogP contribution in [0, 0.1) is 0 Å². The molecule has 0 aromatic heterocycles. The quantitative estimate of drug-likeness (QED) is 0.666. The van der Waals surface area contributed by atoms with Gasteiger partial charge in [0.1, 0.15) is 5.75 Å². The zero-order valence-electron chi connectivity index (χ0n) is 13.4. The summed E-state index contributed by atoms with van der Waals surface area (Å²) in [7, 11) is 2.07. The Balaban J connectivity index is 1.95. The van der Waals surface area contributed by atoms with Crippen LogP contribution in [-0.4, -0.2) is 55.5 Å². The fourth-order valence-corrected chi connectivity index (χ4v) is 2.31. The van der Waals surface area contributed by atoms with Crippen molar-refractivity contribution in [2.45, 2.75) is 13.3 Å². The van der Waals surface area contributed by atoms with Gasteiger partial charge in [0.2, 0.25) is 5.91 Å². The molecule has 1 fully saturated rings. The standard InChI is InChI=1S/C17H25N3O2/c1-3-12-22-16-6-4-14(13-15(16)18)5-7-17(21)20-10-8-19(2)9-11-20/h4-7,13H,3,8-12,18H2,1-2H3/b7-5-. The van der Waals surface area contributed by atoms with Crippen molar-refractivity contribution in [2.75, 3.05) is 45.6 Å². The van der Waals surface area contributed by atoms with Crippen LogP contribution in [0.4, 0.5) is 5.69 Å². The highest BCUT2D eigenvalue weighted by molar-refractivity contribution is 5.92. The molecule has 1 aromatic carbocycles. The highest BCUT2D eigenvalue weighted by Crippen LogP contribution is 2.23. The van der Waals surface area contributed by atoms with E-state index in [1.165, 1.54) is 0 Å². The largest absolute Gasteiger partial charge is 0.491 e. The molecule has 5 nitrogen and oxygen atoms in total. The number of rotatable bonds is 5. The van der Waals surface area contributed by atoms with E-state index in [1.54, 1.807) is 12.2 Å². The Morgan fingerprint density at radius 3 is 2.68 bits per heavy atom.